The minimum absolute atomic E-state index is 0.240. The smallest absolute Gasteiger partial charge is 0.324 e. The van der Waals surface area contributed by atoms with Gasteiger partial charge < -0.3 is 20.3 Å². The molecule has 4 heterocycles. The van der Waals surface area contributed by atoms with Gasteiger partial charge in [0, 0.05) is 44.2 Å². The van der Waals surface area contributed by atoms with Gasteiger partial charge in [0.2, 0.25) is 5.95 Å². The summed E-state index contributed by atoms with van der Waals surface area (Å²) in [5.74, 6) is 3.43. The average Bonchev–Trinajstić information content (AvgIpc) is 3.15. The van der Waals surface area contributed by atoms with Crippen LogP contribution in [-0.4, -0.2) is 52.2 Å². The normalized spacial score (nSPS) is 24.5. The van der Waals surface area contributed by atoms with E-state index in [2.05, 4.69) is 26.7 Å². The number of piperidine rings is 1. The van der Waals surface area contributed by atoms with E-state index in [1.54, 1.807) is 24.5 Å². The SMILES string of the molecule is Cc1cc(F)cc2c1Cc1nc(Oc3cnc(N4CC(C)C4)nc3)nc(N3CC4C(N)C4C3)c1-2. The summed E-state index contributed by atoms with van der Waals surface area (Å²) in [6, 6.07) is 3.72. The summed E-state index contributed by atoms with van der Waals surface area (Å²) in [7, 11) is 0. The molecule has 174 valence electrons. The van der Waals surface area contributed by atoms with Gasteiger partial charge in [-0.3, -0.25) is 0 Å². The van der Waals surface area contributed by atoms with Crippen molar-refractivity contribution in [2.24, 2.45) is 23.5 Å². The van der Waals surface area contributed by atoms with E-state index < -0.39 is 0 Å². The van der Waals surface area contributed by atoms with Gasteiger partial charge in [-0.1, -0.05) is 6.92 Å². The van der Waals surface area contributed by atoms with Crippen molar-refractivity contribution in [2.75, 3.05) is 36.0 Å². The van der Waals surface area contributed by atoms with E-state index >= 15 is 0 Å². The number of ether oxygens (including phenoxy) is 1. The van der Waals surface area contributed by atoms with Gasteiger partial charge in [0.15, 0.2) is 5.75 Å². The molecule has 2 aliphatic carbocycles. The Bertz CT molecular complexity index is 1300. The van der Waals surface area contributed by atoms with Crippen LogP contribution >= 0.6 is 0 Å². The monoisotopic (exact) mass is 459 g/mol. The Kier molecular flexibility index (Phi) is 4.18. The number of fused-ring (bicyclic) bond motifs is 4. The molecule has 34 heavy (non-hydrogen) atoms. The summed E-state index contributed by atoms with van der Waals surface area (Å²) in [5.41, 5.74) is 10.9. The number of hydrogen-bond acceptors (Lipinski definition) is 8. The Balaban J connectivity index is 1.24. The summed E-state index contributed by atoms with van der Waals surface area (Å²) in [6.45, 7) is 7.80. The second-order valence-corrected chi connectivity index (χ2v) is 10.2. The van der Waals surface area contributed by atoms with E-state index in [0.717, 1.165) is 59.9 Å². The fraction of sp³-hybridized carbons (Fsp3) is 0.440. The summed E-state index contributed by atoms with van der Waals surface area (Å²) in [5, 5.41) is 0. The lowest BCUT2D eigenvalue weighted by Gasteiger charge is -2.36. The van der Waals surface area contributed by atoms with E-state index in [1.807, 2.05) is 6.92 Å². The Labute approximate surface area is 197 Å². The van der Waals surface area contributed by atoms with Crippen LogP contribution in [0.25, 0.3) is 11.1 Å². The molecule has 2 saturated heterocycles. The Morgan fingerprint density at radius 1 is 1.03 bits per heavy atom. The first kappa shape index (κ1) is 20.1. The molecule has 7 rings (SSSR count). The van der Waals surface area contributed by atoms with Gasteiger partial charge in [-0.15, -0.1) is 0 Å². The number of anilines is 2. The summed E-state index contributed by atoms with van der Waals surface area (Å²) in [4.78, 5) is 22.8. The fourth-order valence-corrected chi connectivity index (χ4v) is 5.79. The van der Waals surface area contributed by atoms with Crippen molar-refractivity contribution in [1.29, 1.82) is 0 Å². The second-order valence-electron chi connectivity index (χ2n) is 10.2. The zero-order valence-corrected chi connectivity index (χ0v) is 19.2. The second kappa shape index (κ2) is 7.09. The Morgan fingerprint density at radius 2 is 1.76 bits per heavy atom. The van der Waals surface area contributed by atoms with Crippen LogP contribution in [0.2, 0.25) is 0 Å². The average molecular weight is 460 g/mol. The van der Waals surface area contributed by atoms with Crippen molar-refractivity contribution in [2.45, 2.75) is 26.3 Å². The minimum Gasteiger partial charge on any atom is -0.421 e. The van der Waals surface area contributed by atoms with Crippen molar-refractivity contribution in [3.8, 4) is 22.9 Å². The number of benzene rings is 1. The van der Waals surface area contributed by atoms with Crippen LogP contribution in [0.4, 0.5) is 16.2 Å². The molecule has 0 amide bonds. The number of halogens is 1. The molecule has 8 nitrogen and oxygen atoms in total. The first-order valence-electron chi connectivity index (χ1n) is 11.9. The topological polar surface area (TPSA) is 93.3 Å². The lowest BCUT2D eigenvalue weighted by molar-refractivity contribution is 0.427. The van der Waals surface area contributed by atoms with Crippen LogP contribution in [-0.2, 0) is 6.42 Å². The largest absolute Gasteiger partial charge is 0.421 e. The highest BCUT2D eigenvalue weighted by Gasteiger charge is 2.54. The Hall–Kier alpha value is -3.33. The molecule has 0 spiro atoms. The molecule has 3 fully saturated rings. The first-order valence-corrected chi connectivity index (χ1v) is 11.9. The van der Waals surface area contributed by atoms with Gasteiger partial charge in [-0.25, -0.2) is 14.4 Å². The molecule has 2 atom stereocenters. The molecule has 0 bridgehead atoms. The summed E-state index contributed by atoms with van der Waals surface area (Å²) < 4.78 is 20.4. The van der Waals surface area contributed by atoms with Crippen LogP contribution in [0.1, 0.15) is 23.7 Å². The molecule has 1 saturated carbocycles. The van der Waals surface area contributed by atoms with E-state index in [9.17, 15) is 4.39 Å². The molecule has 1 aromatic carbocycles. The molecular formula is C25H26FN7O. The van der Waals surface area contributed by atoms with E-state index in [0.29, 0.717) is 35.9 Å². The molecule has 2 unspecified atom stereocenters. The van der Waals surface area contributed by atoms with Crippen LogP contribution in [0.3, 0.4) is 0 Å². The highest BCUT2D eigenvalue weighted by molar-refractivity contribution is 5.85. The third kappa shape index (κ3) is 3.06. The van der Waals surface area contributed by atoms with Gasteiger partial charge in [0.25, 0.3) is 0 Å². The maximum absolute atomic E-state index is 14.3. The summed E-state index contributed by atoms with van der Waals surface area (Å²) >= 11 is 0. The van der Waals surface area contributed by atoms with Crippen molar-refractivity contribution in [3.05, 3.63) is 47.2 Å². The zero-order chi connectivity index (χ0) is 23.1. The van der Waals surface area contributed by atoms with Crippen molar-refractivity contribution < 1.29 is 9.13 Å². The predicted molar refractivity (Wildman–Crippen MR) is 126 cm³/mol. The predicted octanol–water partition coefficient (Wildman–Crippen LogP) is 2.93. The maximum Gasteiger partial charge on any atom is 0.324 e. The number of nitrogens with zero attached hydrogens (tertiary/aromatic N) is 6. The molecule has 3 aromatic rings. The third-order valence-electron chi connectivity index (χ3n) is 7.73. The minimum atomic E-state index is -0.240. The van der Waals surface area contributed by atoms with Gasteiger partial charge >= 0.3 is 6.01 Å². The lowest BCUT2D eigenvalue weighted by Crippen LogP contribution is -2.46. The van der Waals surface area contributed by atoms with E-state index in [1.165, 1.54) is 0 Å². The van der Waals surface area contributed by atoms with Crippen LogP contribution in [0.15, 0.2) is 24.5 Å². The zero-order valence-electron chi connectivity index (χ0n) is 19.2. The number of rotatable bonds is 4. The highest BCUT2D eigenvalue weighted by Crippen LogP contribution is 2.49. The van der Waals surface area contributed by atoms with Crippen molar-refractivity contribution >= 4 is 11.8 Å². The number of hydrogen-bond donors (Lipinski definition) is 1. The third-order valence-corrected chi connectivity index (χ3v) is 7.73. The lowest BCUT2D eigenvalue weighted by atomic mass is 10.0. The van der Waals surface area contributed by atoms with Crippen LogP contribution in [0.5, 0.6) is 11.8 Å². The van der Waals surface area contributed by atoms with Crippen molar-refractivity contribution in [3.63, 3.8) is 0 Å². The number of aryl methyl sites for hydroxylation is 1. The van der Waals surface area contributed by atoms with Crippen LogP contribution in [0, 0.1) is 30.5 Å². The molecule has 0 radical (unpaired) electrons. The van der Waals surface area contributed by atoms with Crippen LogP contribution < -0.4 is 20.3 Å². The first-order chi connectivity index (χ1) is 16.4. The van der Waals surface area contributed by atoms with E-state index in [4.69, 9.17) is 20.4 Å². The van der Waals surface area contributed by atoms with Gasteiger partial charge in [-0.2, -0.15) is 9.97 Å². The van der Waals surface area contributed by atoms with Gasteiger partial charge in [0.05, 0.1) is 18.1 Å². The Morgan fingerprint density at radius 3 is 2.47 bits per heavy atom. The molecule has 9 heteroatoms. The molecule has 2 aliphatic heterocycles. The molecule has 2 aromatic heterocycles. The van der Waals surface area contributed by atoms with E-state index in [-0.39, 0.29) is 17.9 Å². The summed E-state index contributed by atoms with van der Waals surface area (Å²) in [6.07, 6.45) is 3.96. The number of aromatic nitrogens is 4. The quantitative estimate of drug-likeness (QED) is 0.498. The standard InChI is InChI=1S/C25H26FN7O/c1-12-8-33(9-12)24-28-6-15(7-29-24)34-25-30-20-5-16-13(2)3-14(26)4-17(16)21(20)23(31-25)32-10-18-19(11-32)22(18)27/h3-4,6-7,12,18-19,22H,5,8-11,27H2,1-2H3. The van der Waals surface area contributed by atoms with Gasteiger partial charge in [-0.05, 0) is 53.5 Å². The van der Waals surface area contributed by atoms with Crippen molar-refractivity contribution in [1.82, 2.24) is 19.9 Å². The van der Waals surface area contributed by atoms with Gasteiger partial charge in [0.1, 0.15) is 11.6 Å². The molecule has 2 N–H and O–H groups in total. The maximum atomic E-state index is 14.3. The molecule has 4 aliphatic rings. The number of nitrogens with two attached hydrogens (primary N) is 1. The highest BCUT2D eigenvalue weighted by atomic mass is 19.1. The molecular weight excluding hydrogens is 433 g/mol. The fourth-order valence-electron chi connectivity index (χ4n) is 5.79.